The van der Waals surface area contributed by atoms with Crippen molar-refractivity contribution in [1.82, 2.24) is 15.3 Å². The molecule has 0 fully saturated rings. The minimum Gasteiger partial charge on any atom is -0.274 e. The minimum atomic E-state index is -0.291. The van der Waals surface area contributed by atoms with Crippen molar-refractivity contribution in [3.63, 3.8) is 0 Å². The highest BCUT2D eigenvalue weighted by atomic mass is 35.5. The average Bonchev–Trinajstić information content (AvgIpc) is 2.90. The second-order valence-corrected chi connectivity index (χ2v) is 5.29. The number of nitrogens with one attached hydrogen (secondary N) is 1. The molecule has 1 aromatic carbocycles. The molecule has 0 aliphatic heterocycles. The van der Waals surface area contributed by atoms with Crippen LogP contribution in [0.4, 0.5) is 0 Å². The Morgan fingerprint density at radius 2 is 2.05 bits per heavy atom. The molecule has 1 aromatic heterocycles. The summed E-state index contributed by atoms with van der Waals surface area (Å²) in [6, 6.07) is 7.32. The van der Waals surface area contributed by atoms with Gasteiger partial charge in [0.2, 0.25) is 0 Å². The van der Waals surface area contributed by atoms with Gasteiger partial charge in [0.1, 0.15) is 0 Å². The molecule has 0 saturated heterocycles. The zero-order valence-corrected chi connectivity index (χ0v) is 13.0. The Bertz CT molecular complexity index is 620. The van der Waals surface area contributed by atoms with Gasteiger partial charge >= 0.3 is 0 Å². The van der Waals surface area contributed by atoms with E-state index < -0.39 is 0 Å². The molecule has 0 unspecified atom stereocenters. The van der Waals surface area contributed by atoms with Gasteiger partial charge in [-0.25, -0.2) is 10.2 Å². The minimum absolute atomic E-state index is 0.130. The third-order valence-corrected chi connectivity index (χ3v) is 3.23. The lowest BCUT2D eigenvalue weighted by Crippen LogP contribution is -2.24. The van der Waals surface area contributed by atoms with Crippen LogP contribution in [0.25, 0.3) is 5.69 Å². The van der Waals surface area contributed by atoms with Crippen molar-refractivity contribution in [2.45, 2.75) is 26.7 Å². The van der Waals surface area contributed by atoms with Gasteiger partial charge in [-0.2, -0.15) is 5.10 Å². The second-order valence-electron chi connectivity index (χ2n) is 4.85. The first-order valence-corrected chi connectivity index (χ1v) is 7.18. The number of hydrogen-bond donors (Lipinski definition) is 1. The van der Waals surface area contributed by atoms with E-state index in [4.69, 9.17) is 16.4 Å². The maximum absolute atomic E-state index is 12.1. The molecule has 0 bridgehead atoms. The Morgan fingerprint density at radius 1 is 1.38 bits per heavy atom. The highest BCUT2D eigenvalue weighted by molar-refractivity contribution is 6.30. The number of rotatable bonds is 5. The summed E-state index contributed by atoms with van der Waals surface area (Å²) < 4.78 is 1.75. The van der Waals surface area contributed by atoms with Crippen LogP contribution in [-0.4, -0.2) is 22.3 Å². The van der Waals surface area contributed by atoms with Crippen molar-refractivity contribution in [2.75, 3.05) is 6.61 Å². The number of halogens is 1. The van der Waals surface area contributed by atoms with Crippen LogP contribution in [0.3, 0.4) is 0 Å². The summed E-state index contributed by atoms with van der Waals surface area (Å²) in [4.78, 5) is 17.1. The third-order valence-electron chi connectivity index (χ3n) is 2.98. The van der Waals surface area contributed by atoms with E-state index >= 15 is 0 Å². The summed E-state index contributed by atoms with van der Waals surface area (Å²) in [7, 11) is 0. The molecule has 6 heteroatoms. The number of aromatic nitrogens is 2. The SMILES string of the molecule is CCONC(=O)c1cnn(-c2ccc(Cl)cc2)c1C(C)C. The van der Waals surface area contributed by atoms with Crippen molar-refractivity contribution in [1.29, 1.82) is 0 Å². The van der Waals surface area contributed by atoms with E-state index in [1.807, 2.05) is 26.0 Å². The number of benzene rings is 1. The first-order chi connectivity index (χ1) is 10.0. The normalized spacial score (nSPS) is 10.9. The topological polar surface area (TPSA) is 56.1 Å². The van der Waals surface area contributed by atoms with E-state index in [-0.39, 0.29) is 11.8 Å². The predicted octanol–water partition coefficient (Wildman–Crippen LogP) is 3.33. The molecular formula is C15H18ClN3O2. The molecule has 0 spiro atoms. The largest absolute Gasteiger partial charge is 0.278 e. The van der Waals surface area contributed by atoms with Crippen molar-refractivity contribution in [3.05, 3.63) is 46.7 Å². The van der Waals surface area contributed by atoms with Crippen molar-refractivity contribution in [2.24, 2.45) is 0 Å². The number of amides is 1. The molecule has 0 saturated carbocycles. The van der Waals surface area contributed by atoms with Gasteiger partial charge in [0.05, 0.1) is 29.7 Å². The third kappa shape index (κ3) is 3.43. The molecule has 2 rings (SSSR count). The van der Waals surface area contributed by atoms with Crippen LogP contribution in [0, 0.1) is 0 Å². The molecule has 1 heterocycles. The summed E-state index contributed by atoms with van der Waals surface area (Å²) in [5, 5.41) is 4.98. The van der Waals surface area contributed by atoms with E-state index in [0.29, 0.717) is 17.2 Å². The van der Waals surface area contributed by atoms with Crippen LogP contribution >= 0.6 is 11.6 Å². The van der Waals surface area contributed by atoms with Crippen LogP contribution in [0.2, 0.25) is 5.02 Å². The summed E-state index contributed by atoms with van der Waals surface area (Å²) in [5.74, 6) is -0.161. The maximum atomic E-state index is 12.1. The maximum Gasteiger partial charge on any atom is 0.278 e. The van der Waals surface area contributed by atoms with Crippen molar-refractivity contribution in [3.8, 4) is 5.69 Å². The Kier molecular flexibility index (Phi) is 4.98. The first-order valence-electron chi connectivity index (χ1n) is 6.80. The van der Waals surface area contributed by atoms with Crippen molar-refractivity contribution >= 4 is 17.5 Å². The van der Waals surface area contributed by atoms with Crippen molar-refractivity contribution < 1.29 is 9.63 Å². The number of hydroxylamine groups is 1. The standard InChI is InChI=1S/C15H18ClN3O2/c1-4-21-18-15(20)13-9-17-19(14(13)10(2)3)12-7-5-11(16)6-8-12/h5-10H,4H2,1-3H3,(H,18,20). The van der Waals surface area contributed by atoms with E-state index in [0.717, 1.165) is 11.4 Å². The van der Waals surface area contributed by atoms with Gasteiger partial charge in [0.15, 0.2) is 0 Å². The first kappa shape index (κ1) is 15.5. The zero-order valence-electron chi connectivity index (χ0n) is 12.3. The van der Waals surface area contributed by atoms with E-state index in [2.05, 4.69) is 10.6 Å². The zero-order chi connectivity index (χ0) is 15.4. The lowest BCUT2D eigenvalue weighted by atomic mass is 10.1. The summed E-state index contributed by atoms with van der Waals surface area (Å²) in [6.45, 7) is 6.25. The lowest BCUT2D eigenvalue weighted by Gasteiger charge is -2.12. The number of hydrogen-bond acceptors (Lipinski definition) is 3. The summed E-state index contributed by atoms with van der Waals surface area (Å²) in [5.41, 5.74) is 4.60. The van der Waals surface area contributed by atoms with Gasteiger partial charge in [0, 0.05) is 5.02 Å². The highest BCUT2D eigenvalue weighted by Gasteiger charge is 2.20. The Balaban J connectivity index is 2.41. The fourth-order valence-electron chi connectivity index (χ4n) is 2.07. The molecule has 5 nitrogen and oxygen atoms in total. The number of carbonyl (C=O) groups excluding carboxylic acids is 1. The molecular weight excluding hydrogens is 290 g/mol. The molecule has 1 N–H and O–H groups in total. The fraction of sp³-hybridized carbons (Fsp3) is 0.333. The Labute approximate surface area is 128 Å². The van der Waals surface area contributed by atoms with Crippen LogP contribution in [0.5, 0.6) is 0 Å². The smallest absolute Gasteiger partial charge is 0.274 e. The van der Waals surface area contributed by atoms with E-state index in [9.17, 15) is 4.79 Å². The molecule has 112 valence electrons. The monoisotopic (exact) mass is 307 g/mol. The van der Waals surface area contributed by atoms with Crippen LogP contribution in [0.1, 0.15) is 42.7 Å². The fourth-order valence-corrected chi connectivity index (χ4v) is 2.20. The van der Waals surface area contributed by atoms with Gasteiger partial charge in [-0.05, 0) is 37.1 Å². The van der Waals surface area contributed by atoms with Crippen LogP contribution in [0.15, 0.2) is 30.5 Å². The molecule has 0 radical (unpaired) electrons. The van der Waals surface area contributed by atoms with Gasteiger partial charge in [-0.3, -0.25) is 9.63 Å². The van der Waals surface area contributed by atoms with E-state index in [1.165, 1.54) is 0 Å². The van der Waals surface area contributed by atoms with E-state index in [1.54, 1.807) is 29.9 Å². The van der Waals surface area contributed by atoms with Crippen LogP contribution < -0.4 is 5.48 Å². The van der Waals surface area contributed by atoms with Gasteiger partial charge < -0.3 is 0 Å². The Hall–Kier alpha value is -1.85. The van der Waals surface area contributed by atoms with Gasteiger partial charge in [-0.15, -0.1) is 0 Å². The average molecular weight is 308 g/mol. The molecule has 0 aliphatic carbocycles. The molecule has 0 atom stereocenters. The predicted molar refractivity (Wildman–Crippen MR) is 81.8 cm³/mol. The molecule has 2 aromatic rings. The number of carbonyl (C=O) groups is 1. The van der Waals surface area contributed by atoms with Gasteiger partial charge in [0.25, 0.3) is 5.91 Å². The quantitative estimate of drug-likeness (QED) is 0.862. The molecule has 21 heavy (non-hydrogen) atoms. The Morgan fingerprint density at radius 3 is 2.62 bits per heavy atom. The van der Waals surface area contributed by atoms with Gasteiger partial charge in [-0.1, -0.05) is 25.4 Å². The number of nitrogens with zero attached hydrogens (tertiary/aromatic N) is 2. The molecule has 1 amide bonds. The second kappa shape index (κ2) is 6.74. The highest BCUT2D eigenvalue weighted by Crippen LogP contribution is 2.23. The molecule has 0 aliphatic rings. The van der Waals surface area contributed by atoms with Crippen LogP contribution in [-0.2, 0) is 4.84 Å². The summed E-state index contributed by atoms with van der Waals surface area (Å²) >= 11 is 5.90. The lowest BCUT2D eigenvalue weighted by molar-refractivity contribution is 0.0363. The summed E-state index contributed by atoms with van der Waals surface area (Å²) in [6.07, 6.45) is 1.55.